The molecule has 0 amide bonds. The minimum absolute atomic E-state index is 0.600. The lowest BCUT2D eigenvalue weighted by molar-refractivity contribution is 1.08. The summed E-state index contributed by atoms with van der Waals surface area (Å²) in [7, 11) is 0. The first-order valence-electron chi connectivity index (χ1n) is 2.15. The predicted molar refractivity (Wildman–Crippen MR) is 26.1 cm³/mol. The van der Waals surface area contributed by atoms with Crippen molar-refractivity contribution >= 4 is 5.87 Å². The summed E-state index contributed by atoms with van der Waals surface area (Å²) in [5.74, 6) is 2.50. The van der Waals surface area contributed by atoms with Crippen LogP contribution in [0, 0.1) is 0 Å². The second-order valence-corrected chi connectivity index (χ2v) is 1.52. The lowest BCUT2D eigenvalue weighted by Crippen LogP contribution is -1.65. The Balaban J connectivity index is 2.33. The molecule has 1 saturated carbocycles. The lowest BCUT2D eigenvalue weighted by atomic mass is 10.8. The summed E-state index contributed by atoms with van der Waals surface area (Å²) in [4.78, 5) is 3.88. The van der Waals surface area contributed by atoms with Gasteiger partial charge in [-0.1, -0.05) is 0 Å². The van der Waals surface area contributed by atoms with Crippen LogP contribution in [0.15, 0.2) is 11.6 Å². The van der Waals surface area contributed by atoms with E-state index < -0.39 is 0 Å². The first-order valence-corrected chi connectivity index (χ1v) is 2.15. The van der Waals surface area contributed by atoms with Crippen molar-refractivity contribution in [3.8, 4) is 0 Å². The Hall–Kier alpha value is -0.550. The number of hydrogen-bond acceptors (Lipinski definition) is 1. The van der Waals surface area contributed by atoms with Gasteiger partial charge in [0.1, 0.15) is 0 Å². The van der Waals surface area contributed by atoms with Crippen molar-refractivity contribution in [3.63, 3.8) is 0 Å². The fourth-order valence-electron chi connectivity index (χ4n) is 0.333. The maximum Gasteiger partial charge on any atom is 0.0595 e. The van der Waals surface area contributed by atoms with Crippen LogP contribution in [0.5, 0.6) is 0 Å². The summed E-state index contributed by atoms with van der Waals surface area (Å²) >= 11 is 0. The molecule has 32 valence electrons. The van der Waals surface area contributed by atoms with Gasteiger partial charge in [0.25, 0.3) is 0 Å². The number of nitrogens with zero attached hydrogens (tertiary/aromatic N) is 1. The molecule has 1 fully saturated rings. The Morgan fingerprint density at radius 3 is 2.50 bits per heavy atom. The highest BCUT2D eigenvalue weighted by Gasteiger charge is 2.18. The van der Waals surface area contributed by atoms with Crippen LogP contribution in [0.4, 0.5) is 0 Å². The van der Waals surface area contributed by atoms with E-state index in [2.05, 4.69) is 17.4 Å². The third-order valence-electron chi connectivity index (χ3n) is 0.821. The highest BCUT2D eigenvalue weighted by Crippen LogP contribution is 2.22. The van der Waals surface area contributed by atoms with Crippen molar-refractivity contribution in [2.45, 2.75) is 18.9 Å². The van der Waals surface area contributed by atoms with Crippen molar-refractivity contribution in [1.82, 2.24) is 0 Å². The molecule has 0 heterocycles. The van der Waals surface area contributed by atoms with Crippen molar-refractivity contribution in [1.29, 1.82) is 0 Å². The normalized spacial score (nSPS) is 19.3. The van der Waals surface area contributed by atoms with Crippen LogP contribution in [0.2, 0.25) is 0 Å². The average Bonchev–Trinajstić information content (AvgIpc) is 2.21. The third-order valence-corrected chi connectivity index (χ3v) is 0.821. The molecule has 0 aromatic heterocycles. The number of hydrogen-bond donors (Lipinski definition) is 0. The van der Waals surface area contributed by atoms with Gasteiger partial charge in [0, 0.05) is 0 Å². The second-order valence-electron chi connectivity index (χ2n) is 1.52. The average molecular weight is 81.1 g/mol. The quantitative estimate of drug-likeness (QED) is 0.418. The summed E-state index contributed by atoms with van der Waals surface area (Å²) in [5.41, 5.74) is 0. The van der Waals surface area contributed by atoms with Crippen LogP contribution in [-0.2, 0) is 0 Å². The van der Waals surface area contributed by atoms with Gasteiger partial charge in [-0.2, -0.15) is 0 Å². The van der Waals surface area contributed by atoms with E-state index in [1.165, 1.54) is 12.8 Å². The molecule has 1 rings (SSSR count). The van der Waals surface area contributed by atoms with E-state index in [-0.39, 0.29) is 0 Å². The van der Waals surface area contributed by atoms with E-state index >= 15 is 0 Å². The van der Waals surface area contributed by atoms with Crippen molar-refractivity contribution < 1.29 is 0 Å². The summed E-state index contributed by atoms with van der Waals surface area (Å²) in [6.07, 6.45) is 2.50. The van der Waals surface area contributed by atoms with Gasteiger partial charge in [-0.05, 0) is 25.3 Å². The predicted octanol–water partition coefficient (Wildman–Crippen LogP) is 1.00. The monoisotopic (exact) mass is 81.1 g/mol. The Bertz CT molecular complexity index is 86.1. The third kappa shape index (κ3) is 0.697. The lowest BCUT2D eigenvalue weighted by Gasteiger charge is -1.66. The molecule has 0 aliphatic heterocycles. The van der Waals surface area contributed by atoms with Crippen LogP contribution in [0.3, 0.4) is 0 Å². The number of aliphatic imine (C=N–C) groups is 1. The minimum atomic E-state index is 0.600. The first-order chi connectivity index (χ1) is 2.93. The van der Waals surface area contributed by atoms with Gasteiger partial charge in [0.2, 0.25) is 0 Å². The van der Waals surface area contributed by atoms with Crippen LogP contribution >= 0.6 is 0 Å². The van der Waals surface area contributed by atoms with Crippen molar-refractivity contribution in [2.75, 3.05) is 0 Å². The zero-order valence-corrected chi connectivity index (χ0v) is 3.65. The summed E-state index contributed by atoms with van der Waals surface area (Å²) in [6.45, 7) is 3.35. The maximum absolute atomic E-state index is 3.88. The van der Waals surface area contributed by atoms with E-state index in [4.69, 9.17) is 0 Å². The summed E-state index contributed by atoms with van der Waals surface area (Å²) in [5, 5.41) is 0. The molecule has 0 unspecified atom stereocenters. The Kier molecular flexibility index (Phi) is 0.771. The highest BCUT2D eigenvalue weighted by atomic mass is 14.8. The molecular weight excluding hydrogens is 74.1 g/mol. The van der Waals surface area contributed by atoms with Crippen LogP contribution in [-0.4, -0.2) is 11.9 Å². The fraction of sp³-hybridized carbons (Fsp3) is 0.600. The van der Waals surface area contributed by atoms with Crippen LogP contribution in [0.25, 0.3) is 0 Å². The van der Waals surface area contributed by atoms with Crippen LogP contribution < -0.4 is 0 Å². The largest absolute Gasteiger partial charge is 0.240 e. The van der Waals surface area contributed by atoms with E-state index in [1.807, 2.05) is 0 Å². The van der Waals surface area contributed by atoms with Crippen LogP contribution in [0.1, 0.15) is 12.8 Å². The van der Waals surface area contributed by atoms with Gasteiger partial charge in [0.05, 0.1) is 6.04 Å². The molecule has 1 aliphatic rings. The molecule has 0 N–H and O–H groups in total. The van der Waals surface area contributed by atoms with Gasteiger partial charge in [0.15, 0.2) is 0 Å². The van der Waals surface area contributed by atoms with E-state index in [0.29, 0.717) is 6.04 Å². The molecule has 0 atom stereocenters. The second kappa shape index (κ2) is 1.27. The molecule has 0 aromatic rings. The van der Waals surface area contributed by atoms with E-state index in [9.17, 15) is 0 Å². The van der Waals surface area contributed by atoms with Crippen molar-refractivity contribution in [3.05, 3.63) is 6.58 Å². The van der Waals surface area contributed by atoms with E-state index in [1.54, 1.807) is 0 Å². The van der Waals surface area contributed by atoms with Gasteiger partial charge < -0.3 is 0 Å². The van der Waals surface area contributed by atoms with Gasteiger partial charge >= 0.3 is 0 Å². The molecule has 0 saturated heterocycles. The Labute approximate surface area is 37.4 Å². The molecule has 0 radical (unpaired) electrons. The molecular formula is C5H7N. The summed E-state index contributed by atoms with van der Waals surface area (Å²) in [6, 6.07) is 0.600. The Morgan fingerprint density at radius 2 is 2.33 bits per heavy atom. The zero-order valence-electron chi connectivity index (χ0n) is 3.65. The molecule has 1 nitrogen and oxygen atoms in total. The SMILES string of the molecule is C=C=NC1CC1. The fourth-order valence-corrected chi connectivity index (χ4v) is 0.333. The number of rotatable bonds is 1. The van der Waals surface area contributed by atoms with E-state index in [0.717, 1.165) is 0 Å². The molecule has 0 spiro atoms. The zero-order chi connectivity index (χ0) is 4.41. The summed E-state index contributed by atoms with van der Waals surface area (Å²) < 4.78 is 0. The maximum atomic E-state index is 3.88. The Morgan fingerprint density at radius 1 is 1.67 bits per heavy atom. The standard InChI is InChI=1S/C5H7N/c1-2-6-5-3-4-5/h5H,1,3-4H2. The molecule has 6 heavy (non-hydrogen) atoms. The molecule has 0 bridgehead atoms. The topological polar surface area (TPSA) is 12.4 Å². The van der Waals surface area contributed by atoms with Gasteiger partial charge in [-0.25, -0.2) is 4.99 Å². The van der Waals surface area contributed by atoms with Gasteiger partial charge in [-0.3, -0.25) is 0 Å². The van der Waals surface area contributed by atoms with Crippen molar-refractivity contribution in [2.24, 2.45) is 4.99 Å². The molecule has 1 aliphatic carbocycles. The highest BCUT2D eigenvalue weighted by molar-refractivity contribution is 5.47. The van der Waals surface area contributed by atoms with Gasteiger partial charge in [-0.15, -0.1) is 0 Å². The first kappa shape index (κ1) is 3.63. The molecule has 0 aromatic carbocycles. The molecule has 1 heteroatoms. The minimum Gasteiger partial charge on any atom is -0.240 e. The smallest absolute Gasteiger partial charge is 0.0595 e.